The van der Waals surface area contributed by atoms with Crippen LogP contribution < -0.4 is 5.32 Å². The smallest absolute Gasteiger partial charge is 0.223 e. The van der Waals surface area contributed by atoms with Crippen LogP contribution in [0.25, 0.3) is 0 Å². The van der Waals surface area contributed by atoms with Gasteiger partial charge in [-0.3, -0.25) is 4.79 Å². The Morgan fingerprint density at radius 3 is 2.29 bits per heavy atom. The fraction of sp³-hybridized carbons (Fsp3) is 0.933. The van der Waals surface area contributed by atoms with Crippen molar-refractivity contribution in [2.24, 2.45) is 35.5 Å². The Kier molecular flexibility index (Phi) is 2.13. The van der Waals surface area contributed by atoms with Crippen molar-refractivity contribution in [3.05, 3.63) is 0 Å². The zero-order valence-corrected chi connectivity index (χ0v) is 10.7. The van der Waals surface area contributed by atoms with Gasteiger partial charge in [0.15, 0.2) is 0 Å². The highest BCUT2D eigenvalue weighted by Crippen LogP contribution is 2.69. The van der Waals surface area contributed by atoms with Crippen LogP contribution in [0.3, 0.4) is 0 Å². The molecule has 0 radical (unpaired) electrons. The van der Waals surface area contributed by atoms with E-state index < -0.39 is 0 Å². The summed E-state index contributed by atoms with van der Waals surface area (Å²) in [6, 6.07) is 0.497. The van der Waals surface area contributed by atoms with Crippen molar-refractivity contribution in [1.82, 2.24) is 5.32 Å². The summed E-state index contributed by atoms with van der Waals surface area (Å²) < 4.78 is 0. The molecule has 2 nitrogen and oxygen atoms in total. The van der Waals surface area contributed by atoms with E-state index in [-0.39, 0.29) is 0 Å². The topological polar surface area (TPSA) is 29.1 Å². The lowest BCUT2D eigenvalue weighted by molar-refractivity contribution is -0.124. The van der Waals surface area contributed by atoms with Crippen LogP contribution >= 0.6 is 0 Å². The van der Waals surface area contributed by atoms with E-state index in [1.54, 1.807) is 0 Å². The first-order valence-electron chi connectivity index (χ1n) is 7.54. The van der Waals surface area contributed by atoms with E-state index in [0.29, 0.717) is 17.9 Å². The third-order valence-corrected chi connectivity index (χ3v) is 6.08. The van der Waals surface area contributed by atoms with Gasteiger partial charge in [0.1, 0.15) is 0 Å². The molecule has 0 spiro atoms. The highest BCUT2D eigenvalue weighted by molar-refractivity contribution is 5.83. The number of hydrogen-bond acceptors (Lipinski definition) is 1. The van der Waals surface area contributed by atoms with Crippen LogP contribution in [0, 0.1) is 35.5 Å². The molecule has 94 valence electrons. The number of fused-ring (bicyclic) bond motifs is 5. The normalized spacial score (nSPS) is 54.8. The maximum absolute atomic E-state index is 12.3. The summed E-state index contributed by atoms with van der Waals surface area (Å²) in [5, 5.41) is 3.33. The van der Waals surface area contributed by atoms with Crippen LogP contribution in [0.4, 0.5) is 0 Å². The molecule has 4 aliphatic rings. The molecule has 0 heterocycles. The van der Waals surface area contributed by atoms with Gasteiger partial charge in [0.05, 0.1) is 0 Å². The Balaban J connectivity index is 1.37. The Morgan fingerprint density at radius 1 is 1.00 bits per heavy atom. The van der Waals surface area contributed by atoms with Gasteiger partial charge in [0.25, 0.3) is 0 Å². The summed E-state index contributed by atoms with van der Waals surface area (Å²) in [7, 11) is 0. The van der Waals surface area contributed by atoms with Gasteiger partial charge < -0.3 is 5.32 Å². The lowest BCUT2D eigenvalue weighted by Gasteiger charge is -2.14. The number of nitrogens with one attached hydrogen (secondary N) is 1. The van der Waals surface area contributed by atoms with Gasteiger partial charge in [-0.2, -0.15) is 0 Å². The van der Waals surface area contributed by atoms with E-state index in [4.69, 9.17) is 0 Å². The van der Waals surface area contributed by atoms with Gasteiger partial charge >= 0.3 is 0 Å². The van der Waals surface area contributed by atoms with Crippen LogP contribution in [0.5, 0.6) is 0 Å². The zero-order valence-electron chi connectivity index (χ0n) is 10.7. The zero-order chi connectivity index (χ0) is 11.6. The highest BCUT2D eigenvalue weighted by Gasteiger charge is 2.67. The van der Waals surface area contributed by atoms with Gasteiger partial charge in [-0.05, 0) is 68.1 Å². The van der Waals surface area contributed by atoms with Gasteiger partial charge in [0, 0.05) is 12.0 Å². The first-order chi connectivity index (χ1) is 8.24. The minimum atomic E-state index is 0.413. The van der Waals surface area contributed by atoms with Crippen molar-refractivity contribution in [2.45, 2.75) is 51.5 Å². The largest absolute Gasteiger partial charge is 0.353 e. The van der Waals surface area contributed by atoms with E-state index in [1.165, 1.54) is 38.5 Å². The Hall–Kier alpha value is -0.530. The molecule has 0 aromatic carbocycles. The third kappa shape index (κ3) is 1.49. The molecule has 0 aromatic rings. The Labute approximate surface area is 104 Å². The summed E-state index contributed by atoms with van der Waals surface area (Å²) >= 11 is 0. The monoisotopic (exact) mass is 233 g/mol. The Bertz CT molecular complexity index is 337. The molecule has 0 aromatic heterocycles. The summed E-state index contributed by atoms with van der Waals surface area (Å²) in [5.41, 5.74) is 0. The molecule has 6 atom stereocenters. The molecule has 0 aliphatic heterocycles. The average Bonchev–Trinajstić information content (AvgIpc) is 2.65. The number of carbonyl (C=O) groups is 1. The summed E-state index contributed by atoms with van der Waals surface area (Å²) in [5.74, 6) is 5.09. The number of hydrogen-bond donors (Lipinski definition) is 1. The van der Waals surface area contributed by atoms with Crippen molar-refractivity contribution in [1.29, 1.82) is 0 Å². The fourth-order valence-corrected chi connectivity index (χ4v) is 5.31. The molecule has 4 aliphatic carbocycles. The van der Waals surface area contributed by atoms with E-state index in [0.717, 1.165) is 29.6 Å². The predicted octanol–water partition coefficient (Wildman–Crippen LogP) is 2.58. The van der Waals surface area contributed by atoms with Crippen LogP contribution in [-0.4, -0.2) is 11.9 Å². The summed E-state index contributed by atoms with van der Waals surface area (Å²) in [6.07, 6.45) is 7.99. The molecular formula is C15H23NO. The quantitative estimate of drug-likeness (QED) is 0.780. The van der Waals surface area contributed by atoms with E-state index >= 15 is 0 Å². The van der Waals surface area contributed by atoms with Crippen LogP contribution in [0.2, 0.25) is 0 Å². The standard InChI is InChI=1S/C15H23NO/c1-8-2-5-11(6-8)16-15(17)14-12-9-3-4-10(7-9)13(12)14/h8-14H,2-7H2,1H3,(H,16,17). The molecule has 6 unspecified atom stereocenters. The van der Waals surface area contributed by atoms with Gasteiger partial charge in [-0.25, -0.2) is 0 Å². The maximum Gasteiger partial charge on any atom is 0.223 e. The Morgan fingerprint density at radius 2 is 1.71 bits per heavy atom. The highest BCUT2D eigenvalue weighted by atomic mass is 16.2. The minimum absolute atomic E-state index is 0.413. The van der Waals surface area contributed by atoms with E-state index in [9.17, 15) is 4.79 Å². The molecule has 4 saturated carbocycles. The molecule has 4 fully saturated rings. The molecule has 2 heteroatoms. The van der Waals surface area contributed by atoms with Crippen molar-refractivity contribution >= 4 is 5.91 Å². The van der Waals surface area contributed by atoms with E-state index in [2.05, 4.69) is 12.2 Å². The summed E-state index contributed by atoms with van der Waals surface area (Å²) in [6.45, 7) is 2.30. The first kappa shape index (κ1) is 10.4. The molecule has 4 rings (SSSR count). The fourth-order valence-electron chi connectivity index (χ4n) is 5.31. The number of amides is 1. The van der Waals surface area contributed by atoms with Crippen molar-refractivity contribution in [3.63, 3.8) is 0 Å². The van der Waals surface area contributed by atoms with Gasteiger partial charge in [0.2, 0.25) is 5.91 Å². The summed E-state index contributed by atoms with van der Waals surface area (Å²) in [4.78, 5) is 12.3. The third-order valence-electron chi connectivity index (χ3n) is 6.08. The average molecular weight is 233 g/mol. The lowest BCUT2D eigenvalue weighted by atomic mass is 10.0. The van der Waals surface area contributed by atoms with Crippen molar-refractivity contribution < 1.29 is 4.79 Å². The first-order valence-corrected chi connectivity index (χ1v) is 7.54. The van der Waals surface area contributed by atoms with Gasteiger partial charge in [-0.15, -0.1) is 0 Å². The molecule has 0 saturated heterocycles. The molecule has 17 heavy (non-hydrogen) atoms. The SMILES string of the molecule is CC1CCC(NC(=O)C2C3C4CCC(C4)C23)C1. The minimum Gasteiger partial charge on any atom is -0.353 e. The second-order valence-corrected chi connectivity index (χ2v) is 7.14. The maximum atomic E-state index is 12.3. The van der Waals surface area contributed by atoms with Crippen LogP contribution in [0.1, 0.15) is 45.4 Å². The van der Waals surface area contributed by atoms with Crippen molar-refractivity contribution in [2.75, 3.05) is 0 Å². The second kappa shape index (κ2) is 3.49. The second-order valence-electron chi connectivity index (χ2n) is 7.14. The molecule has 2 bridgehead atoms. The van der Waals surface area contributed by atoms with E-state index in [1.807, 2.05) is 0 Å². The lowest BCUT2D eigenvalue weighted by Crippen LogP contribution is -2.35. The molecular weight excluding hydrogens is 210 g/mol. The number of carbonyl (C=O) groups excluding carboxylic acids is 1. The molecule has 1 N–H and O–H groups in total. The van der Waals surface area contributed by atoms with Gasteiger partial charge in [-0.1, -0.05) is 6.92 Å². The van der Waals surface area contributed by atoms with Crippen molar-refractivity contribution in [3.8, 4) is 0 Å². The number of rotatable bonds is 2. The molecule has 1 amide bonds. The predicted molar refractivity (Wildman–Crippen MR) is 66.2 cm³/mol. The van der Waals surface area contributed by atoms with Crippen LogP contribution in [0.15, 0.2) is 0 Å². The van der Waals surface area contributed by atoms with Crippen LogP contribution in [-0.2, 0) is 4.79 Å².